The summed E-state index contributed by atoms with van der Waals surface area (Å²) in [6.07, 6.45) is 0. The summed E-state index contributed by atoms with van der Waals surface area (Å²) in [6.45, 7) is 6.48. The molecule has 9 nitrogen and oxygen atoms in total. The lowest BCUT2D eigenvalue weighted by Gasteiger charge is -2.46. The number of hydrogen-bond acceptors (Lipinski definition) is 8. The van der Waals surface area contributed by atoms with Gasteiger partial charge in [0.2, 0.25) is 29.3 Å². The van der Waals surface area contributed by atoms with Crippen LogP contribution < -0.4 is 4.90 Å². The van der Waals surface area contributed by atoms with Crippen molar-refractivity contribution in [3.8, 4) is 22.8 Å². The van der Waals surface area contributed by atoms with Crippen LogP contribution in [-0.2, 0) is 4.79 Å². The summed E-state index contributed by atoms with van der Waals surface area (Å²) in [6, 6.07) is 16.2. The highest BCUT2D eigenvalue weighted by molar-refractivity contribution is 5.76. The predicted molar refractivity (Wildman–Crippen MR) is 117 cm³/mol. The van der Waals surface area contributed by atoms with Gasteiger partial charge in [-0.05, 0) is 48.5 Å². The zero-order chi connectivity index (χ0) is 22.2. The van der Waals surface area contributed by atoms with Crippen molar-refractivity contribution in [1.29, 1.82) is 0 Å². The van der Waals surface area contributed by atoms with Gasteiger partial charge in [-0.3, -0.25) is 4.79 Å². The van der Waals surface area contributed by atoms with Crippen molar-refractivity contribution < 1.29 is 13.8 Å². The average molecular weight is 430 g/mol. The van der Waals surface area contributed by atoms with Crippen LogP contribution in [0.1, 0.15) is 18.7 Å². The Morgan fingerprint density at radius 2 is 1.28 bits per heavy atom. The van der Waals surface area contributed by atoms with Crippen LogP contribution in [0, 0.1) is 13.8 Å². The van der Waals surface area contributed by atoms with Gasteiger partial charge in [-0.2, -0.15) is 9.97 Å². The molecular formula is C23H22N6O3. The molecule has 0 saturated carbocycles. The van der Waals surface area contributed by atoms with Crippen LogP contribution in [0.2, 0.25) is 0 Å². The minimum atomic E-state index is 0.0897. The first-order valence-corrected chi connectivity index (χ1v) is 10.3. The molecule has 4 aromatic rings. The minimum absolute atomic E-state index is 0.0897. The number of carbonyl (C=O) groups is 1. The molecule has 9 heteroatoms. The van der Waals surface area contributed by atoms with Gasteiger partial charge in [0.15, 0.2) is 0 Å². The molecule has 5 rings (SSSR count). The van der Waals surface area contributed by atoms with Gasteiger partial charge in [-0.1, -0.05) is 10.3 Å². The molecule has 1 fully saturated rings. The highest BCUT2D eigenvalue weighted by Crippen LogP contribution is 2.34. The van der Waals surface area contributed by atoms with Crippen LogP contribution in [0.4, 0.5) is 11.4 Å². The van der Waals surface area contributed by atoms with Gasteiger partial charge < -0.3 is 18.8 Å². The molecule has 0 bridgehead atoms. The fourth-order valence-corrected chi connectivity index (χ4v) is 3.82. The number of hydrogen-bond donors (Lipinski definition) is 0. The largest absolute Gasteiger partial charge is 0.339 e. The average Bonchev–Trinajstić information content (AvgIpc) is 3.39. The van der Waals surface area contributed by atoms with Gasteiger partial charge >= 0.3 is 0 Å². The van der Waals surface area contributed by atoms with Crippen molar-refractivity contribution in [2.45, 2.75) is 26.8 Å². The number of benzene rings is 2. The lowest BCUT2D eigenvalue weighted by Crippen LogP contribution is -2.59. The van der Waals surface area contributed by atoms with Gasteiger partial charge in [-0.25, -0.2) is 0 Å². The minimum Gasteiger partial charge on any atom is -0.339 e. The SMILES string of the molecule is CC(=O)N1CC(N(c2ccc(-c3noc(C)n3)cc2)c2ccc(-c3noc(C)n3)cc2)C1. The highest BCUT2D eigenvalue weighted by atomic mass is 16.5. The summed E-state index contributed by atoms with van der Waals surface area (Å²) in [4.78, 5) is 24.4. The number of aromatic nitrogens is 4. The molecule has 0 N–H and O–H groups in total. The molecule has 0 aliphatic carbocycles. The van der Waals surface area contributed by atoms with E-state index in [4.69, 9.17) is 9.05 Å². The third-order valence-corrected chi connectivity index (χ3v) is 5.54. The second kappa shape index (κ2) is 7.92. The van der Waals surface area contributed by atoms with Crippen LogP contribution in [0.25, 0.3) is 22.8 Å². The molecule has 0 unspecified atom stereocenters. The Labute approximate surface area is 184 Å². The molecule has 0 radical (unpaired) electrons. The summed E-state index contributed by atoms with van der Waals surface area (Å²) in [5.41, 5.74) is 3.80. The van der Waals surface area contributed by atoms with E-state index in [-0.39, 0.29) is 11.9 Å². The third kappa shape index (κ3) is 3.73. The first-order valence-electron chi connectivity index (χ1n) is 10.3. The molecule has 1 saturated heterocycles. The summed E-state index contributed by atoms with van der Waals surface area (Å²) in [7, 11) is 0. The molecule has 162 valence electrons. The first-order chi connectivity index (χ1) is 15.5. The highest BCUT2D eigenvalue weighted by Gasteiger charge is 2.34. The van der Waals surface area contributed by atoms with E-state index < -0.39 is 0 Å². The topological polar surface area (TPSA) is 101 Å². The number of rotatable bonds is 5. The molecule has 0 atom stereocenters. The van der Waals surface area contributed by atoms with Crippen LogP contribution in [0.5, 0.6) is 0 Å². The zero-order valence-electron chi connectivity index (χ0n) is 18.0. The predicted octanol–water partition coefficient (Wildman–Crippen LogP) is 3.77. The van der Waals surface area contributed by atoms with Crippen molar-refractivity contribution in [3.63, 3.8) is 0 Å². The van der Waals surface area contributed by atoms with E-state index in [1.165, 1.54) is 0 Å². The molecule has 1 amide bonds. The second-order valence-electron chi connectivity index (χ2n) is 7.82. The molecule has 2 aromatic heterocycles. The molecule has 3 heterocycles. The number of aryl methyl sites for hydroxylation is 2. The standard InChI is InChI=1S/C23H22N6O3/c1-14-24-22(26-31-14)17-4-8-19(9-5-17)29(21-12-28(13-21)16(3)30)20-10-6-18(7-11-20)23-25-15(2)32-27-23/h4-11,21H,12-13H2,1-3H3. The molecule has 0 spiro atoms. The Bertz CT molecular complexity index is 1160. The first kappa shape index (κ1) is 19.9. The molecule has 1 aliphatic heterocycles. The molecule has 2 aromatic carbocycles. The Morgan fingerprint density at radius 1 is 0.844 bits per heavy atom. The maximum Gasteiger partial charge on any atom is 0.223 e. The Morgan fingerprint density at radius 3 is 1.62 bits per heavy atom. The van der Waals surface area contributed by atoms with Crippen LogP contribution in [0.15, 0.2) is 57.6 Å². The number of likely N-dealkylation sites (tertiary alicyclic amines) is 1. The lowest BCUT2D eigenvalue weighted by atomic mass is 10.0. The van der Waals surface area contributed by atoms with Crippen molar-refractivity contribution in [2.75, 3.05) is 18.0 Å². The van der Waals surface area contributed by atoms with Gasteiger partial charge in [0.1, 0.15) is 0 Å². The zero-order valence-corrected chi connectivity index (χ0v) is 18.0. The molecule has 32 heavy (non-hydrogen) atoms. The van der Waals surface area contributed by atoms with E-state index in [0.29, 0.717) is 36.5 Å². The smallest absolute Gasteiger partial charge is 0.223 e. The van der Waals surface area contributed by atoms with E-state index in [1.807, 2.05) is 53.4 Å². The summed E-state index contributed by atoms with van der Waals surface area (Å²) < 4.78 is 10.2. The Balaban J connectivity index is 1.45. The van der Waals surface area contributed by atoms with Crippen LogP contribution >= 0.6 is 0 Å². The molecular weight excluding hydrogens is 408 g/mol. The number of anilines is 2. The summed E-state index contributed by atoms with van der Waals surface area (Å²) >= 11 is 0. The van der Waals surface area contributed by atoms with E-state index in [2.05, 4.69) is 25.2 Å². The van der Waals surface area contributed by atoms with Crippen LogP contribution in [0.3, 0.4) is 0 Å². The fourth-order valence-electron chi connectivity index (χ4n) is 3.82. The normalized spacial score (nSPS) is 13.8. The maximum absolute atomic E-state index is 11.7. The van der Waals surface area contributed by atoms with E-state index >= 15 is 0 Å². The number of carbonyl (C=O) groups excluding carboxylic acids is 1. The van der Waals surface area contributed by atoms with Crippen molar-refractivity contribution in [2.24, 2.45) is 0 Å². The van der Waals surface area contributed by atoms with Gasteiger partial charge in [-0.15, -0.1) is 0 Å². The van der Waals surface area contributed by atoms with Gasteiger partial charge in [0.05, 0.1) is 6.04 Å². The van der Waals surface area contributed by atoms with E-state index in [1.54, 1.807) is 20.8 Å². The maximum atomic E-state index is 11.7. The monoisotopic (exact) mass is 430 g/mol. The number of amides is 1. The molecule has 1 aliphatic rings. The quantitative estimate of drug-likeness (QED) is 0.472. The lowest BCUT2D eigenvalue weighted by molar-refractivity contribution is -0.132. The third-order valence-electron chi connectivity index (χ3n) is 5.54. The van der Waals surface area contributed by atoms with E-state index in [0.717, 1.165) is 22.5 Å². The Kier molecular flexibility index (Phi) is 4.93. The van der Waals surface area contributed by atoms with Gasteiger partial charge in [0, 0.05) is 56.4 Å². The Hall–Kier alpha value is -4.01. The van der Waals surface area contributed by atoms with Crippen molar-refractivity contribution in [3.05, 3.63) is 60.3 Å². The van der Waals surface area contributed by atoms with Gasteiger partial charge in [0.25, 0.3) is 0 Å². The fraction of sp³-hybridized carbons (Fsp3) is 0.261. The number of nitrogens with zero attached hydrogens (tertiary/aromatic N) is 6. The summed E-state index contributed by atoms with van der Waals surface area (Å²) in [5.74, 6) is 2.27. The second-order valence-corrected chi connectivity index (χ2v) is 7.82. The van der Waals surface area contributed by atoms with E-state index in [9.17, 15) is 4.79 Å². The summed E-state index contributed by atoms with van der Waals surface area (Å²) in [5, 5.41) is 7.97. The van der Waals surface area contributed by atoms with Crippen molar-refractivity contribution in [1.82, 2.24) is 25.2 Å². The van der Waals surface area contributed by atoms with Crippen molar-refractivity contribution >= 4 is 17.3 Å². The van der Waals surface area contributed by atoms with Crippen LogP contribution in [-0.4, -0.2) is 50.2 Å².